The van der Waals surface area contributed by atoms with Crippen molar-refractivity contribution in [3.8, 4) is 30.0 Å². The lowest BCUT2D eigenvalue weighted by Gasteiger charge is -2.02. The van der Waals surface area contributed by atoms with Crippen LogP contribution in [0.3, 0.4) is 0 Å². The summed E-state index contributed by atoms with van der Waals surface area (Å²) in [4.78, 5) is 0. The Hall–Kier alpha value is -2.58. The fourth-order valence-electron chi connectivity index (χ4n) is 1.42. The van der Waals surface area contributed by atoms with E-state index in [2.05, 4.69) is 12.8 Å². The molecule has 17 heavy (non-hydrogen) atoms. The van der Waals surface area contributed by atoms with E-state index in [9.17, 15) is 4.39 Å². The van der Waals surface area contributed by atoms with Gasteiger partial charge in [-0.3, -0.25) is 0 Å². The van der Waals surface area contributed by atoms with Crippen LogP contribution in [0.15, 0.2) is 48.5 Å². The molecule has 0 bridgehead atoms. The van der Waals surface area contributed by atoms with Crippen LogP contribution in [-0.4, -0.2) is 0 Å². The van der Waals surface area contributed by atoms with Gasteiger partial charge in [0.15, 0.2) is 0 Å². The summed E-state index contributed by atoms with van der Waals surface area (Å²) in [6.07, 6.45) is 8.00. The molecular weight excluding hydrogens is 213 g/mol. The minimum absolute atomic E-state index is 0.248. The molecule has 0 saturated carbocycles. The molecule has 0 radical (unpaired) electrons. The molecule has 0 atom stereocenters. The molecule has 0 aliphatic rings. The number of rotatable bonds is 1. The molecule has 2 heteroatoms. The summed E-state index contributed by atoms with van der Waals surface area (Å²) in [6, 6.07) is 15.5. The summed E-state index contributed by atoms with van der Waals surface area (Å²) in [5.74, 6) is -0.248. The highest BCUT2D eigenvalue weighted by Gasteiger charge is 2.02. The molecule has 82 valence electrons. The Balaban J connectivity index is 0.000000686. The smallest absolute Gasteiger partial charge is 0.131 e. The highest BCUT2D eigenvalue weighted by atomic mass is 19.1. The predicted molar refractivity (Wildman–Crippen MR) is 66.4 cm³/mol. The summed E-state index contributed by atoms with van der Waals surface area (Å²) >= 11 is 0. The van der Waals surface area contributed by atoms with Gasteiger partial charge in [-0.1, -0.05) is 30.3 Å². The van der Waals surface area contributed by atoms with Gasteiger partial charge in [0.05, 0.1) is 11.6 Å². The standard InChI is InChI=1S/C13H8FN.C2H2/c14-13-4-2-1-3-12(13)11-7-5-10(9-15)6-8-11;1-2/h1-8H;1-2H. The normalized spacial score (nSPS) is 8.59. The van der Waals surface area contributed by atoms with Gasteiger partial charge < -0.3 is 0 Å². The lowest BCUT2D eigenvalue weighted by Crippen LogP contribution is -1.83. The van der Waals surface area contributed by atoms with Crippen molar-refractivity contribution in [1.29, 1.82) is 5.26 Å². The molecule has 0 unspecified atom stereocenters. The van der Waals surface area contributed by atoms with Gasteiger partial charge in [0.25, 0.3) is 0 Å². The number of hydrogen-bond acceptors (Lipinski definition) is 1. The van der Waals surface area contributed by atoms with Crippen molar-refractivity contribution in [1.82, 2.24) is 0 Å². The van der Waals surface area contributed by atoms with Crippen molar-refractivity contribution >= 4 is 0 Å². The van der Waals surface area contributed by atoms with Crippen LogP contribution < -0.4 is 0 Å². The monoisotopic (exact) mass is 223 g/mol. The molecule has 0 N–H and O–H groups in total. The predicted octanol–water partition coefficient (Wildman–Crippen LogP) is 3.61. The lowest BCUT2D eigenvalue weighted by molar-refractivity contribution is 0.631. The first-order valence-corrected chi connectivity index (χ1v) is 4.89. The summed E-state index contributed by atoms with van der Waals surface area (Å²) in [5.41, 5.74) is 1.92. The van der Waals surface area contributed by atoms with E-state index in [-0.39, 0.29) is 5.82 Å². The van der Waals surface area contributed by atoms with E-state index in [1.54, 1.807) is 42.5 Å². The Morgan fingerprint density at radius 1 is 0.941 bits per heavy atom. The quantitative estimate of drug-likeness (QED) is 0.677. The van der Waals surface area contributed by atoms with Crippen molar-refractivity contribution in [2.45, 2.75) is 0 Å². The number of benzene rings is 2. The van der Waals surface area contributed by atoms with Crippen molar-refractivity contribution in [3.63, 3.8) is 0 Å². The van der Waals surface area contributed by atoms with E-state index < -0.39 is 0 Å². The Morgan fingerprint density at radius 3 is 2.06 bits per heavy atom. The van der Waals surface area contributed by atoms with Crippen LogP contribution in [0.4, 0.5) is 4.39 Å². The van der Waals surface area contributed by atoms with Crippen LogP contribution in [0.2, 0.25) is 0 Å². The first kappa shape index (κ1) is 12.5. The molecular formula is C15H10FN. The van der Waals surface area contributed by atoms with Crippen LogP contribution in [0.1, 0.15) is 5.56 Å². The van der Waals surface area contributed by atoms with Gasteiger partial charge in [-0.2, -0.15) is 5.26 Å². The largest absolute Gasteiger partial charge is 0.206 e. The molecule has 2 aromatic carbocycles. The Kier molecular flexibility index (Phi) is 4.48. The van der Waals surface area contributed by atoms with Crippen LogP contribution in [0.5, 0.6) is 0 Å². The summed E-state index contributed by atoms with van der Waals surface area (Å²) in [7, 11) is 0. The van der Waals surface area contributed by atoms with E-state index >= 15 is 0 Å². The van der Waals surface area contributed by atoms with E-state index in [1.807, 2.05) is 6.07 Å². The molecule has 0 aliphatic carbocycles. The minimum Gasteiger partial charge on any atom is -0.206 e. The van der Waals surface area contributed by atoms with E-state index in [0.29, 0.717) is 11.1 Å². The maximum absolute atomic E-state index is 13.4. The third kappa shape index (κ3) is 2.93. The maximum Gasteiger partial charge on any atom is 0.131 e. The molecule has 0 aliphatic heterocycles. The molecule has 2 rings (SSSR count). The summed E-state index contributed by atoms with van der Waals surface area (Å²) < 4.78 is 13.4. The first-order valence-electron chi connectivity index (χ1n) is 4.89. The van der Waals surface area contributed by atoms with Crippen molar-refractivity contribution < 1.29 is 4.39 Å². The fraction of sp³-hybridized carbons (Fsp3) is 0. The van der Waals surface area contributed by atoms with Gasteiger partial charge in [0, 0.05) is 5.56 Å². The van der Waals surface area contributed by atoms with Gasteiger partial charge in [-0.25, -0.2) is 4.39 Å². The second-order valence-electron chi connectivity index (χ2n) is 3.17. The van der Waals surface area contributed by atoms with E-state index in [1.165, 1.54) is 6.07 Å². The molecule has 0 spiro atoms. The Bertz CT molecular complexity index is 547. The topological polar surface area (TPSA) is 23.8 Å². The minimum atomic E-state index is -0.248. The number of terminal acetylenes is 1. The number of hydrogen-bond donors (Lipinski definition) is 0. The highest BCUT2D eigenvalue weighted by molar-refractivity contribution is 5.64. The third-order valence-electron chi connectivity index (χ3n) is 2.20. The third-order valence-corrected chi connectivity index (χ3v) is 2.20. The maximum atomic E-state index is 13.4. The molecule has 0 aromatic heterocycles. The molecule has 1 nitrogen and oxygen atoms in total. The van der Waals surface area contributed by atoms with E-state index in [0.717, 1.165) is 5.56 Å². The number of nitriles is 1. The second kappa shape index (κ2) is 6.10. The molecule has 0 heterocycles. The average molecular weight is 223 g/mol. The van der Waals surface area contributed by atoms with Gasteiger partial charge in [-0.15, -0.1) is 12.8 Å². The molecule has 0 fully saturated rings. The van der Waals surface area contributed by atoms with Gasteiger partial charge in [0.2, 0.25) is 0 Å². The zero-order chi connectivity index (χ0) is 12.7. The lowest BCUT2D eigenvalue weighted by atomic mass is 10.0. The average Bonchev–Trinajstić information content (AvgIpc) is 2.42. The van der Waals surface area contributed by atoms with Crippen molar-refractivity contribution in [2.24, 2.45) is 0 Å². The Morgan fingerprint density at radius 2 is 1.53 bits per heavy atom. The number of halogens is 1. The number of nitrogens with zero attached hydrogens (tertiary/aromatic N) is 1. The van der Waals surface area contributed by atoms with Crippen molar-refractivity contribution in [2.75, 3.05) is 0 Å². The van der Waals surface area contributed by atoms with Gasteiger partial charge in [0.1, 0.15) is 5.82 Å². The molecule has 0 saturated heterocycles. The van der Waals surface area contributed by atoms with E-state index in [4.69, 9.17) is 5.26 Å². The second-order valence-corrected chi connectivity index (χ2v) is 3.17. The van der Waals surface area contributed by atoms with Crippen LogP contribution in [-0.2, 0) is 0 Å². The SMILES string of the molecule is C#C.N#Cc1ccc(-c2ccccc2F)cc1. The fourth-order valence-corrected chi connectivity index (χ4v) is 1.42. The molecule has 2 aromatic rings. The van der Waals surface area contributed by atoms with Crippen LogP contribution in [0, 0.1) is 30.0 Å². The van der Waals surface area contributed by atoms with Gasteiger partial charge >= 0.3 is 0 Å². The Labute approximate surface area is 100 Å². The van der Waals surface area contributed by atoms with Crippen LogP contribution >= 0.6 is 0 Å². The van der Waals surface area contributed by atoms with Crippen molar-refractivity contribution in [3.05, 3.63) is 59.9 Å². The van der Waals surface area contributed by atoms with Crippen LogP contribution in [0.25, 0.3) is 11.1 Å². The molecule has 0 amide bonds. The summed E-state index contributed by atoms with van der Waals surface area (Å²) in [5, 5.41) is 8.63. The first-order chi connectivity index (χ1) is 8.31. The highest BCUT2D eigenvalue weighted by Crippen LogP contribution is 2.22. The summed E-state index contributed by atoms with van der Waals surface area (Å²) in [6.45, 7) is 0. The zero-order valence-corrected chi connectivity index (χ0v) is 9.10. The zero-order valence-electron chi connectivity index (χ0n) is 9.10. The van der Waals surface area contributed by atoms with Gasteiger partial charge in [-0.05, 0) is 23.8 Å².